The van der Waals surface area contributed by atoms with Gasteiger partial charge >= 0.3 is 11.9 Å². The number of fused-ring (bicyclic) bond motifs is 2. The number of carbonyl (C=O) groups is 3. The van der Waals surface area contributed by atoms with Gasteiger partial charge in [0.1, 0.15) is 11.1 Å². The van der Waals surface area contributed by atoms with E-state index in [2.05, 4.69) is 0 Å². The van der Waals surface area contributed by atoms with Crippen LogP contribution in [-0.2, 0) is 40.7 Å². The first kappa shape index (κ1) is 25.7. The number of ether oxygens (including phenoxy) is 3. The highest BCUT2D eigenvalue weighted by atomic mass is 16.6. The van der Waals surface area contributed by atoms with Crippen LogP contribution < -0.4 is 4.90 Å². The topological polar surface area (TPSA) is 94.5 Å². The number of hydrogen-bond acceptors (Lipinski definition) is 7. The van der Waals surface area contributed by atoms with Crippen molar-refractivity contribution in [3.63, 3.8) is 0 Å². The lowest BCUT2D eigenvalue weighted by Gasteiger charge is -2.26. The van der Waals surface area contributed by atoms with Crippen molar-refractivity contribution in [2.24, 2.45) is 4.99 Å². The van der Waals surface area contributed by atoms with E-state index in [0.717, 1.165) is 37.7 Å². The molecule has 1 aliphatic carbocycles. The molecule has 1 amide bonds. The van der Waals surface area contributed by atoms with E-state index in [1.807, 2.05) is 42.5 Å². The van der Waals surface area contributed by atoms with Gasteiger partial charge in [-0.15, -0.1) is 0 Å². The monoisotopic (exact) mass is 516 g/mol. The second kappa shape index (κ2) is 10.8. The van der Waals surface area contributed by atoms with E-state index in [1.54, 1.807) is 30.9 Å². The number of amides is 1. The number of rotatable bonds is 7. The zero-order valence-corrected chi connectivity index (χ0v) is 21.8. The fourth-order valence-corrected chi connectivity index (χ4v) is 5.52. The third-order valence-corrected chi connectivity index (χ3v) is 7.20. The summed E-state index contributed by atoms with van der Waals surface area (Å²) < 4.78 is 17.2. The smallest absolute Gasteiger partial charge is 0.344 e. The molecule has 2 aromatic rings. The summed E-state index contributed by atoms with van der Waals surface area (Å²) in [6.45, 7) is 3.78. The van der Waals surface area contributed by atoms with Gasteiger partial charge in [0.15, 0.2) is 0 Å². The molecule has 3 aliphatic rings. The molecule has 0 bridgehead atoms. The van der Waals surface area contributed by atoms with Gasteiger partial charge in [-0.1, -0.05) is 67.8 Å². The van der Waals surface area contributed by atoms with Crippen molar-refractivity contribution >= 4 is 29.4 Å². The molecule has 1 saturated carbocycles. The van der Waals surface area contributed by atoms with Crippen LogP contribution in [0, 0.1) is 0 Å². The number of benzene rings is 2. The maximum absolute atomic E-state index is 14.4. The predicted molar refractivity (Wildman–Crippen MR) is 141 cm³/mol. The Labute approximate surface area is 222 Å². The zero-order valence-electron chi connectivity index (χ0n) is 21.8. The quantitative estimate of drug-likeness (QED) is 0.499. The number of aliphatic imine (C=N–C) groups is 1. The van der Waals surface area contributed by atoms with E-state index in [0.29, 0.717) is 11.3 Å². The average molecular weight is 517 g/mol. The summed E-state index contributed by atoms with van der Waals surface area (Å²) in [6.07, 6.45) is 4.84. The fourth-order valence-electron chi connectivity index (χ4n) is 5.52. The maximum Gasteiger partial charge on any atom is 0.344 e. The lowest BCUT2D eigenvalue weighted by Crippen LogP contribution is -2.44. The molecule has 38 heavy (non-hydrogen) atoms. The first-order valence-corrected chi connectivity index (χ1v) is 13.3. The highest BCUT2D eigenvalue weighted by molar-refractivity contribution is 6.29. The third kappa shape index (κ3) is 4.38. The molecule has 8 heteroatoms. The van der Waals surface area contributed by atoms with E-state index in [4.69, 9.17) is 19.2 Å². The number of carbonyl (C=O) groups excluding carboxylic acids is 3. The number of nitrogens with zero attached hydrogens (tertiary/aromatic N) is 2. The zero-order chi connectivity index (χ0) is 26.7. The Morgan fingerprint density at radius 3 is 2.32 bits per heavy atom. The van der Waals surface area contributed by atoms with Gasteiger partial charge in [0.05, 0.1) is 31.5 Å². The van der Waals surface area contributed by atoms with Crippen molar-refractivity contribution in [1.29, 1.82) is 0 Å². The van der Waals surface area contributed by atoms with Gasteiger partial charge < -0.3 is 19.1 Å². The van der Waals surface area contributed by atoms with E-state index in [1.165, 1.54) is 0 Å². The van der Waals surface area contributed by atoms with Crippen molar-refractivity contribution in [3.8, 4) is 0 Å². The van der Waals surface area contributed by atoms with Crippen molar-refractivity contribution < 1.29 is 28.6 Å². The molecule has 1 fully saturated rings. The Morgan fingerprint density at radius 1 is 0.947 bits per heavy atom. The van der Waals surface area contributed by atoms with Gasteiger partial charge in [0.25, 0.3) is 5.91 Å². The normalized spacial score (nSPS) is 22.1. The van der Waals surface area contributed by atoms with Gasteiger partial charge in [-0.05, 0) is 38.3 Å². The van der Waals surface area contributed by atoms with Gasteiger partial charge in [-0.3, -0.25) is 4.79 Å². The van der Waals surface area contributed by atoms with Crippen LogP contribution in [0.4, 0.5) is 5.69 Å². The van der Waals surface area contributed by atoms with Crippen LogP contribution in [0.5, 0.6) is 0 Å². The summed E-state index contributed by atoms with van der Waals surface area (Å²) in [5, 5.41) is 0. The minimum Gasteiger partial charge on any atom is -0.462 e. The standard InChI is InChI=1S/C30H32N2O6/c1-3-36-27(33)24-25(28(34)37-4-2)30(38-26(24)31-21-15-9-6-10-16-21)22-17-11-12-18-23(22)32(29(30)35)19-20-13-7-5-8-14-20/h5,7-8,11-14,17-18,21H,3-4,6,9-10,15-16,19H2,1-2H3. The van der Waals surface area contributed by atoms with Gasteiger partial charge in [0, 0.05) is 5.56 Å². The Kier molecular flexibility index (Phi) is 7.31. The van der Waals surface area contributed by atoms with E-state index < -0.39 is 23.4 Å². The van der Waals surface area contributed by atoms with Crippen molar-refractivity contribution in [2.45, 2.75) is 64.1 Å². The van der Waals surface area contributed by atoms with Crippen molar-refractivity contribution in [2.75, 3.05) is 18.1 Å². The molecule has 8 nitrogen and oxygen atoms in total. The van der Waals surface area contributed by atoms with Gasteiger partial charge in [-0.25, -0.2) is 14.6 Å². The second-order valence-electron chi connectivity index (χ2n) is 9.59. The highest BCUT2D eigenvalue weighted by Gasteiger charge is 2.64. The molecule has 1 atom stereocenters. The molecule has 1 unspecified atom stereocenters. The Hall–Kier alpha value is -3.94. The van der Waals surface area contributed by atoms with E-state index in [9.17, 15) is 14.4 Å². The fraction of sp³-hybridized carbons (Fsp3) is 0.400. The van der Waals surface area contributed by atoms with Gasteiger partial charge in [0.2, 0.25) is 11.5 Å². The molecule has 5 rings (SSSR count). The number of para-hydroxylation sites is 1. The first-order valence-electron chi connectivity index (χ1n) is 13.3. The summed E-state index contributed by atoms with van der Waals surface area (Å²) >= 11 is 0. The van der Waals surface area contributed by atoms with E-state index in [-0.39, 0.29) is 42.8 Å². The molecule has 2 heterocycles. The minimum atomic E-state index is -1.90. The molecule has 198 valence electrons. The van der Waals surface area contributed by atoms with Crippen LogP contribution in [0.2, 0.25) is 0 Å². The molecule has 2 aliphatic heterocycles. The Balaban J connectivity index is 1.71. The van der Waals surface area contributed by atoms with Crippen molar-refractivity contribution in [1.82, 2.24) is 0 Å². The molecule has 1 spiro atoms. The maximum atomic E-state index is 14.4. The molecule has 0 N–H and O–H groups in total. The molecule has 2 aromatic carbocycles. The third-order valence-electron chi connectivity index (χ3n) is 7.20. The van der Waals surface area contributed by atoms with Crippen LogP contribution in [0.25, 0.3) is 0 Å². The van der Waals surface area contributed by atoms with E-state index >= 15 is 0 Å². The average Bonchev–Trinajstić information content (AvgIpc) is 3.39. The molecular formula is C30H32N2O6. The SMILES string of the molecule is CCOC(=O)C1=C(C(=O)OCC)C2(OC1=NC1CCCCC1)C(=O)N(Cc1ccccc1)c1ccccc12. The summed E-state index contributed by atoms with van der Waals surface area (Å²) in [4.78, 5) is 47.8. The molecule has 0 saturated heterocycles. The summed E-state index contributed by atoms with van der Waals surface area (Å²) in [7, 11) is 0. The van der Waals surface area contributed by atoms with Crippen LogP contribution in [-0.4, -0.2) is 43.0 Å². The largest absolute Gasteiger partial charge is 0.462 e. The Morgan fingerprint density at radius 2 is 1.61 bits per heavy atom. The highest BCUT2D eigenvalue weighted by Crippen LogP contribution is 2.52. The molecular weight excluding hydrogens is 484 g/mol. The number of anilines is 1. The predicted octanol–water partition coefficient (Wildman–Crippen LogP) is 4.61. The second-order valence-corrected chi connectivity index (χ2v) is 9.59. The minimum absolute atomic E-state index is 0.0249. The lowest BCUT2D eigenvalue weighted by molar-refractivity contribution is -0.145. The van der Waals surface area contributed by atoms with Crippen LogP contribution in [0.1, 0.15) is 57.1 Å². The lowest BCUT2D eigenvalue weighted by atomic mass is 9.86. The Bertz CT molecular complexity index is 1290. The number of hydrogen-bond donors (Lipinski definition) is 0. The van der Waals surface area contributed by atoms with Crippen LogP contribution in [0.15, 0.2) is 70.7 Å². The summed E-state index contributed by atoms with van der Waals surface area (Å²) in [5.41, 5.74) is -0.201. The molecule has 0 radical (unpaired) electrons. The summed E-state index contributed by atoms with van der Waals surface area (Å²) in [5.74, 6) is -2.05. The van der Waals surface area contributed by atoms with Crippen LogP contribution >= 0.6 is 0 Å². The van der Waals surface area contributed by atoms with Crippen LogP contribution in [0.3, 0.4) is 0 Å². The first-order chi connectivity index (χ1) is 18.5. The van der Waals surface area contributed by atoms with Gasteiger partial charge in [-0.2, -0.15) is 0 Å². The number of esters is 2. The summed E-state index contributed by atoms with van der Waals surface area (Å²) in [6, 6.07) is 16.7. The van der Waals surface area contributed by atoms with Crippen molar-refractivity contribution in [3.05, 3.63) is 76.9 Å². The molecule has 0 aromatic heterocycles.